The molecule has 1 amide bonds. The van der Waals surface area contributed by atoms with Crippen LogP contribution in [0.5, 0.6) is 0 Å². The summed E-state index contributed by atoms with van der Waals surface area (Å²) >= 11 is 5.94. The van der Waals surface area contributed by atoms with Crippen LogP contribution in [-0.4, -0.2) is 64.8 Å². The lowest BCUT2D eigenvalue weighted by atomic mass is 10.0. The van der Waals surface area contributed by atoms with E-state index in [9.17, 15) is 19.8 Å². The highest BCUT2D eigenvalue weighted by atomic mass is 35.5. The minimum absolute atomic E-state index is 0.147. The van der Waals surface area contributed by atoms with E-state index >= 15 is 0 Å². The van der Waals surface area contributed by atoms with E-state index in [0.29, 0.717) is 5.02 Å². The second kappa shape index (κ2) is 19.4. The maximum absolute atomic E-state index is 12.5. The van der Waals surface area contributed by atoms with Crippen LogP contribution in [0.1, 0.15) is 95.1 Å². The summed E-state index contributed by atoms with van der Waals surface area (Å²) in [5, 5.41) is 24.9. The molecule has 0 bridgehead atoms. The molecule has 0 saturated carbocycles. The van der Waals surface area contributed by atoms with Crippen molar-refractivity contribution in [3.63, 3.8) is 0 Å². The number of H-pyrrole nitrogens is 1. The zero-order valence-electron chi connectivity index (χ0n) is 26.5. The van der Waals surface area contributed by atoms with E-state index in [4.69, 9.17) is 11.6 Å². The highest BCUT2D eigenvalue weighted by Gasteiger charge is 2.25. The van der Waals surface area contributed by atoms with Crippen molar-refractivity contribution in [3.05, 3.63) is 70.9 Å². The molecule has 0 aliphatic rings. The maximum atomic E-state index is 12.5. The fraction of sp³-hybridized carbons (Fsp3) is 0.543. The van der Waals surface area contributed by atoms with Gasteiger partial charge in [-0.2, -0.15) is 0 Å². The molecule has 1 heterocycles. The van der Waals surface area contributed by atoms with Crippen LogP contribution in [0, 0.1) is 0 Å². The average molecular weight is 614 g/mol. The number of carbonyl (C=O) groups excluding carboxylic acids is 2. The van der Waals surface area contributed by atoms with Gasteiger partial charge >= 0.3 is 0 Å². The second-order valence-electron chi connectivity index (χ2n) is 11.6. The van der Waals surface area contributed by atoms with Gasteiger partial charge in [0.25, 0.3) is 5.91 Å². The van der Waals surface area contributed by atoms with Crippen molar-refractivity contribution < 1.29 is 24.3 Å². The van der Waals surface area contributed by atoms with Crippen molar-refractivity contribution in [3.8, 4) is 0 Å². The number of aliphatic hydroxyl groups excluding tert-OH is 1. The van der Waals surface area contributed by atoms with Crippen molar-refractivity contribution >= 4 is 34.4 Å². The Bertz CT molecular complexity index is 1190. The minimum atomic E-state index is -1.84. The Kier molecular flexibility index (Phi) is 16.4. The van der Waals surface area contributed by atoms with Gasteiger partial charge in [-0.05, 0) is 61.9 Å². The summed E-state index contributed by atoms with van der Waals surface area (Å²) in [6.45, 7) is 15.0. The van der Waals surface area contributed by atoms with Crippen LogP contribution in [0.2, 0.25) is 5.02 Å². The number of aliphatic carboxylic acids is 1. The molecule has 0 fully saturated rings. The molecule has 0 aliphatic carbocycles. The summed E-state index contributed by atoms with van der Waals surface area (Å²) in [7, 11) is 0. The Morgan fingerprint density at radius 3 is 1.88 bits per heavy atom. The lowest BCUT2D eigenvalue weighted by Crippen LogP contribution is -2.52. The Morgan fingerprint density at radius 2 is 1.40 bits per heavy atom. The molecule has 238 valence electrons. The molecule has 3 aromatic rings. The first-order valence-corrected chi connectivity index (χ1v) is 16.4. The molecular weight excluding hydrogens is 562 g/mol. The highest BCUT2D eigenvalue weighted by molar-refractivity contribution is 6.31. The van der Waals surface area contributed by atoms with Crippen LogP contribution in [0.4, 0.5) is 0 Å². The zero-order valence-corrected chi connectivity index (χ0v) is 27.3. The van der Waals surface area contributed by atoms with Gasteiger partial charge in [0.1, 0.15) is 11.8 Å². The summed E-state index contributed by atoms with van der Waals surface area (Å²) in [4.78, 5) is 26.6. The summed E-state index contributed by atoms with van der Waals surface area (Å²) in [5.41, 5.74) is 1.74. The number of fused-ring (bicyclic) bond motifs is 1. The van der Waals surface area contributed by atoms with Gasteiger partial charge in [-0.25, -0.2) is 0 Å². The molecule has 0 spiro atoms. The standard InChI is InChI=1S/C19H17ClN2O4.C16H36N/c20-13-6-7-14-12(9-13)10-16(21-14)18(24)22-15(17(23)19(25)26)8-11-4-2-1-3-5-11;1-5-9-13-17(14-10-6-2,15-11-7-3)16-12-8-4/h1-7,9-10,15,17,21,23H,8H2,(H,22,24)(H,25,26);5-16H2,1-4H3/q;+1/p-1/t15-,17+;/m0./s1. The maximum Gasteiger partial charge on any atom is 0.268 e. The molecule has 0 aliphatic heterocycles. The molecule has 2 atom stereocenters. The Morgan fingerprint density at radius 1 is 0.860 bits per heavy atom. The van der Waals surface area contributed by atoms with E-state index in [1.54, 1.807) is 48.5 Å². The van der Waals surface area contributed by atoms with Crippen molar-refractivity contribution in [2.24, 2.45) is 0 Å². The molecular formula is C35H52ClN3O4. The number of carboxylic acids is 1. The van der Waals surface area contributed by atoms with Crippen LogP contribution in [0.3, 0.4) is 0 Å². The van der Waals surface area contributed by atoms with Crippen molar-refractivity contribution in [2.75, 3.05) is 26.2 Å². The Hall–Kier alpha value is -2.87. The predicted molar refractivity (Wildman–Crippen MR) is 175 cm³/mol. The number of hydrogen-bond donors (Lipinski definition) is 3. The number of nitrogens with one attached hydrogen (secondary N) is 2. The first-order valence-electron chi connectivity index (χ1n) is 16.1. The Labute approximate surface area is 263 Å². The van der Waals surface area contributed by atoms with Crippen LogP contribution >= 0.6 is 11.6 Å². The van der Waals surface area contributed by atoms with E-state index in [0.717, 1.165) is 16.5 Å². The number of rotatable bonds is 18. The summed E-state index contributed by atoms with van der Waals surface area (Å²) in [6, 6.07) is 14.7. The van der Waals surface area contributed by atoms with Crippen LogP contribution in [0.25, 0.3) is 10.9 Å². The number of benzene rings is 2. The number of hydrogen-bond acceptors (Lipinski definition) is 4. The number of nitrogens with zero attached hydrogens (tertiary/aromatic N) is 1. The van der Waals surface area contributed by atoms with Crippen molar-refractivity contribution in [1.29, 1.82) is 0 Å². The number of amides is 1. The van der Waals surface area contributed by atoms with Gasteiger partial charge in [0.15, 0.2) is 0 Å². The molecule has 43 heavy (non-hydrogen) atoms. The first kappa shape index (κ1) is 36.3. The van der Waals surface area contributed by atoms with E-state index in [1.807, 2.05) is 6.07 Å². The SMILES string of the molecule is CCCC[N+](CCCC)(CCCC)CCCC.O=C(N[C@@H](Cc1ccccc1)[C@@H](O)C(=O)[O-])c1cc2cc(Cl)ccc2[nH]1. The molecule has 7 nitrogen and oxygen atoms in total. The molecule has 8 heteroatoms. The van der Waals surface area contributed by atoms with Gasteiger partial charge in [0.05, 0.1) is 38.2 Å². The first-order chi connectivity index (χ1) is 20.7. The fourth-order valence-corrected chi connectivity index (χ4v) is 5.57. The van der Waals surface area contributed by atoms with Gasteiger partial charge < -0.3 is 29.8 Å². The quantitative estimate of drug-likeness (QED) is 0.147. The third kappa shape index (κ3) is 12.3. The molecule has 3 N–H and O–H groups in total. The van der Waals surface area contributed by atoms with Gasteiger partial charge in [-0.15, -0.1) is 0 Å². The van der Waals surface area contributed by atoms with Gasteiger partial charge in [-0.1, -0.05) is 95.3 Å². The fourth-order valence-electron chi connectivity index (χ4n) is 5.39. The predicted octanol–water partition coefficient (Wildman–Crippen LogP) is 6.28. The van der Waals surface area contributed by atoms with Crippen LogP contribution in [0.15, 0.2) is 54.6 Å². The largest absolute Gasteiger partial charge is 0.547 e. The molecule has 0 unspecified atom stereocenters. The smallest absolute Gasteiger partial charge is 0.268 e. The van der Waals surface area contributed by atoms with Gasteiger partial charge in [-0.3, -0.25) is 4.79 Å². The van der Waals surface area contributed by atoms with Crippen molar-refractivity contribution in [1.82, 2.24) is 10.3 Å². The number of aromatic nitrogens is 1. The number of halogens is 1. The number of aliphatic hydroxyl groups is 1. The Balaban J connectivity index is 0.000000332. The topological polar surface area (TPSA) is 105 Å². The average Bonchev–Trinajstić information content (AvgIpc) is 3.44. The number of carbonyl (C=O) groups is 2. The van der Waals surface area contributed by atoms with E-state index in [-0.39, 0.29) is 12.1 Å². The van der Waals surface area contributed by atoms with Crippen LogP contribution < -0.4 is 10.4 Å². The summed E-state index contributed by atoms with van der Waals surface area (Å²) < 4.78 is 1.42. The molecule has 2 aromatic carbocycles. The van der Waals surface area contributed by atoms with Gasteiger partial charge in [0.2, 0.25) is 0 Å². The second-order valence-corrected chi connectivity index (χ2v) is 12.0. The van der Waals surface area contributed by atoms with Crippen LogP contribution in [-0.2, 0) is 11.2 Å². The monoisotopic (exact) mass is 613 g/mol. The molecule has 3 rings (SSSR count). The van der Waals surface area contributed by atoms with E-state index in [1.165, 1.54) is 82.0 Å². The van der Waals surface area contributed by atoms with E-state index < -0.39 is 24.0 Å². The normalized spacial score (nSPS) is 12.8. The third-order valence-electron chi connectivity index (χ3n) is 8.01. The van der Waals surface area contributed by atoms with E-state index in [2.05, 4.69) is 38.0 Å². The number of carboxylic acid groups (broad SMARTS) is 1. The third-order valence-corrected chi connectivity index (χ3v) is 8.24. The van der Waals surface area contributed by atoms with Gasteiger partial charge in [0, 0.05) is 15.9 Å². The molecule has 0 radical (unpaired) electrons. The zero-order chi connectivity index (χ0) is 31.7. The number of unbranched alkanes of at least 4 members (excludes halogenated alkanes) is 4. The number of quaternary nitrogens is 1. The number of aromatic amines is 1. The summed E-state index contributed by atoms with van der Waals surface area (Å²) in [6.07, 6.45) is 9.37. The molecule has 0 saturated heterocycles. The summed E-state index contributed by atoms with van der Waals surface area (Å²) in [5.74, 6) is -2.17. The van der Waals surface area contributed by atoms with Crippen molar-refractivity contribution in [2.45, 2.75) is 97.6 Å². The lowest BCUT2D eigenvalue weighted by molar-refractivity contribution is -0.929. The minimum Gasteiger partial charge on any atom is -0.547 e. The molecule has 1 aromatic heterocycles. The highest BCUT2D eigenvalue weighted by Crippen LogP contribution is 2.20. The lowest BCUT2D eigenvalue weighted by Gasteiger charge is -2.39.